The molecule has 2 rings (SSSR count). The van der Waals surface area contributed by atoms with E-state index in [4.69, 9.17) is 4.42 Å². The SMILES string of the molecule is CCNC(Cc1ccoc1)c1ncccc1F. The van der Waals surface area contributed by atoms with Gasteiger partial charge in [0.25, 0.3) is 0 Å². The maximum absolute atomic E-state index is 13.7. The monoisotopic (exact) mass is 234 g/mol. The van der Waals surface area contributed by atoms with Gasteiger partial charge in [-0.1, -0.05) is 6.92 Å². The predicted octanol–water partition coefficient (Wildman–Crippen LogP) is 2.71. The lowest BCUT2D eigenvalue weighted by Gasteiger charge is -2.16. The summed E-state index contributed by atoms with van der Waals surface area (Å²) in [6.07, 6.45) is 5.56. The van der Waals surface area contributed by atoms with E-state index in [1.165, 1.54) is 6.07 Å². The summed E-state index contributed by atoms with van der Waals surface area (Å²) in [6, 6.07) is 4.78. The summed E-state index contributed by atoms with van der Waals surface area (Å²) in [5.74, 6) is -0.276. The molecule has 2 aromatic rings. The molecular formula is C13H15FN2O. The van der Waals surface area contributed by atoms with Crippen LogP contribution in [0.15, 0.2) is 41.3 Å². The summed E-state index contributed by atoms with van der Waals surface area (Å²) in [4.78, 5) is 4.11. The van der Waals surface area contributed by atoms with Gasteiger partial charge >= 0.3 is 0 Å². The van der Waals surface area contributed by atoms with E-state index >= 15 is 0 Å². The quantitative estimate of drug-likeness (QED) is 0.864. The summed E-state index contributed by atoms with van der Waals surface area (Å²) < 4.78 is 18.7. The highest BCUT2D eigenvalue weighted by Crippen LogP contribution is 2.19. The van der Waals surface area contributed by atoms with Crippen LogP contribution in [0.25, 0.3) is 0 Å². The van der Waals surface area contributed by atoms with E-state index in [0.717, 1.165) is 12.1 Å². The van der Waals surface area contributed by atoms with Crippen LogP contribution in [0.5, 0.6) is 0 Å². The molecule has 0 aromatic carbocycles. The van der Waals surface area contributed by atoms with E-state index in [-0.39, 0.29) is 11.9 Å². The minimum Gasteiger partial charge on any atom is -0.472 e. The Hall–Kier alpha value is -1.68. The molecule has 0 radical (unpaired) electrons. The van der Waals surface area contributed by atoms with Gasteiger partial charge in [-0.15, -0.1) is 0 Å². The minimum absolute atomic E-state index is 0.126. The smallest absolute Gasteiger partial charge is 0.146 e. The van der Waals surface area contributed by atoms with Gasteiger partial charge in [-0.25, -0.2) is 4.39 Å². The Labute approximate surface area is 99.7 Å². The third-order valence-corrected chi connectivity index (χ3v) is 2.59. The topological polar surface area (TPSA) is 38.1 Å². The average Bonchev–Trinajstić information content (AvgIpc) is 2.82. The van der Waals surface area contributed by atoms with Gasteiger partial charge in [-0.3, -0.25) is 4.98 Å². The Morgan fingerprint density at radius 2 is 2.35 bits per heavy atom. The Kier molecular flexibility index (Phi) is 3.88. The summed E-state index contributed by atoms with van der Waals surface area (Å²) in [5, 5.41) is 3.23. The number of halogens is 1. The molecule has 17 heavy (non-hydrogen) atoms. The van der Waals surface area contributed by atoms with Gasteiger partial charge < -0.3 is 9.73 Å². The van der Waals surface area contributed by atoms with Crippen molar-refractivity contribution in [1.82, 2.24) is 10.3 Å². The highest BCUT2D eigenvalue weighted by molar-refractivity contribution is 5.16. The third-order valence-electron chi connectivity index (χ3n) is 2.59. The van der Waals surface area contributed by atoms with Gasteiger partial charge in [0.15, 0.2) is 0 Å². The average molecular weight is 234 g/mol. The van der Waals surface area contributed by atoms with E-state index in [0.29, 0.717) is 12.1 Å². The fourth-order valence-electron chi connectivity index (χ4n) is 1.81. The van der Waals surface area contributed by atoms with E-state index in [2.05, 4.69) is 10.3 Å². The first kappa shape index (κ1) is 11.8. The molecule has 1 N–H and O–H groups in total. The molecule has 0 saturated heterocycles. The van der Waals surface area contributed by atoms with Crippen molar-refractivity contribution in [3.63, 3.8) is 0 Å². The van der Waals surface area contributed by atoms with E-state index in [1.54, 1.807) is 24.8 Å². The third kappa shape index (κ3) is 2.91. The van der Waals surface area contributed by atoms with Gasteiger partial charge in [-0.2, -0.15) is 0 Å². The van der Waals surface area contributed by atoms with Crippen LogP contribution in [-0.4, -0.2) is 11.5 Å². The second kappa shape index (κ2) is 5.59. The van der Waals surface area contributed by atoms with Crippen molar-refractivity contribution in [1.29, 1.82) is 0 Å². The number of hydrogen-bond acceptors (Lipinski definition) is 3. The molecule has 3 nitrogen and oxygen atoms in total. The van der Waals surface area contributed by atoms with E-state index in [9.17, 15) is 4.39 Å². The van der Waals surface area contributed by atoms with Crippen LogP contribution in [-0.2, 0) is 6.42 Å². The lowest BCUT2D eigenvalue weighted by Crippen LogP contribution is -2.24. The number of furan rings is 1. The van der Waals surface area contributed by atoms with Crippen molar-refractivity contribution in [2.45, 2.75) is 19.4 Å². The van der Waals surface area contributed by atoms with E-state index in [1.807, 2.05) is 13.0 Å². The molecule has 2 aromatic heterocycles. The van der Waals surface area contributed by atoms with Crippen molar-refractivity contribution in [3.8, 4) is 0 Å². The highest BCUT2D eigenvalue weighted by Gasteiger charge is 2.16. The predicted molar refractivity (Wildman–Crippen MR) is 63.0 cm³/mol. The maximum atomic E-state index is 13.7. The van der Waals surface area contributed by atoms with Gasteiger partial charge in [0.2, 0.25) is 0 Å². The molecule has 1 atom stereocenters. The molecule has 4 heteroatoms. The number of nitrogens with one attached hydrogen (secondary N) is 1. The van der Waals surface area contributed by atoms with Crippen LogP contribution in [0.2, 0.25) is 0 Å². The zero-order chi connectivity index (χ0) is 12.1. The summed E-state index contributed by atoms with van der Waals surface area (Å²) >= 11 is 0. The van der Waals surface area contributed by atoms with Crippen LogP contribution in [0, 0.1) is 5.82 Å². The van der Waals surface area contributed by atoms with Gasteiger partial charge in [0.1, 0.15) is 5.82 Å². The Morgan fingerprint density at radius 1 is 1.47 bits per heavy atom. The second-order valence-electron chi connectivity index (χ2n) is 3.82. The first-order valence-electron chi connectivity index (χ1n) is 5.66. The number of aromatic nitrogens is 1. The molecule has 2 heterocycles. The van der Waals surface area contributed by atoms with Crippen LogP contribution in [0.3, 0.4) is 0 Å². The molecule has 0 aliphatic heterocycles. The number of hydrogen-bond donors (Lipinski definition) is 1. The lowest BCUT2D eigenvalue weighted by atomic mass is 10.0. The number of nitrogens with zero attached hydrogens (tertiary/aromatic N) is 1. The van der Waals surface area contributed by atoms with Crippen molar-refractivity contribution >= 4 is 0 Å². The molecule has 0 saturated carbocycles. The highest BCUT2D eigenvalue weighted by atomic mass is 19.1. The molecule has 0 spiro atoms. The Morgan fingerprint density at radius 3 is 3.00 bits per heavy atom. The minimum atomic E-state index is -0.276. The van der Waals surface area contributed by atoms with Crippen LogP contribution in [0.1, 0.15) is 24.2 Å². The molecule has 0 fully saturated rings. The van der Waals surface area contributed by atoms with Gasteiger partial charge in [-0.05, 0) is 36.7 Å². The van der Waals surface area contributed by atoms with Crippen molar-refractivity contribution in [3.05, 3.63) is 54.0 Å². The summed E-state index contributed by atoms with van der Waals surface area (Å²) in [6.45, 7) is 2.75. The van der Waals surface area contributed by atoms with Gasteiger partial charge in [0, 0.05) is 6.20 Å². The molecule has 0 aliphatic rings. The van der Waals surface area contributed by atoms with Gasteiger partial charge in [0.05, 0.1) is 24.3 Å². The lowest BCUT2D eigenvalue weighted by molar-refractivity contribution is 0.490. The fourth-order valence-corrected chi connectivity index (χ4v) is 1.81. The van der Waals surface area contributed by atoms with Crippen LogP contribution < -0.4 is 5.32 Å². The second-order valence-corrected chi connectivity index (χ2v) is 3.82. The Bertz CT molecular complexity index is 456. The van der Waals surface area contributed by atoms with Crippen molar-refractivity contribution in [2.75, 3.05) is 6.54 Å². The zero-order valence-electron chi connectivity index (χ0n) is 9.69. The molecule has 0 amide bonds. The standard InChI is InChI=1S/C13H15FN2O/c1-2-15-12(8-10-5-7-17-9-10)13-11(14)4-3-6-16-13/h3-7,9,12,15H,2,8H2,1H3. The first-order chi connectivity index (χ1) is 8.31. The number of likely N-dealkylation sites (N-methyl/N-ethyl adjacent to an activating group) is 1. The zero-order valence-corrected chi connectivity index (χ0v) is 9.69. The largest absolute Gasteiger partial charge is 0.472 e. The van der Waals surface area contributed by atoms with Crippen molar-refractivity contribution in [2.24, 2.45) is 0 Å². The van der Waals surface area contributed by atoms with Crippen LogP contribution >= 0.6 is 0 Å². The fraction of sp³-hybridized carbons (Fsp3) is 0.308. The van der Waals surface area contributed by atoms with Crippen molar-refractivity contribution < 1.29 is 8.81 Å². The number of pyridine rings is 1. The van der Waals surface area contributed by atoms with Crippen LogP contribution in [0.4, 0.5) is 4.39 Å². The molecule has 0 aliphatic carbocycles. The first-order valence-corrected chi connectivity index (χ1v) is 5.66. The summed E-state index contributed by atoms with van der Waals surface area (Å²) in [7, 11) is 0. The molecule has 90 valence electrons. The summed E-state index contributed by atoms with van der Waals surface area (Å²) in [5.41, 5.74) is 1.48. The number of rotatable bonds is 5. The molecule has 0 bridgehead atoms. The molecule has 1 unspecified atom stereocenters. The Balaban J connectivity index is 2.20. The van der Waals surface area contributed by atoms with E-state index < -0.39 is 0 Å². The molecular weight excluding hydrogens is 219 g/mol. The normalized spacial score (nSPS) is 12.6. The maximum Gasteiger partial charge on any atom is 0.146 e.